The van der Waals surface area contributed by atoms with E-state index >= 15 is 0 Å². The quantitative estimate of drug-likeness (QED) is 0.740. The van der Waals surface area contributed by atoms with Gasteiger partial charge in [-0.05, 0) is 35.2 Å². The number of anilines is 1. The molecule has 0 fully saturated rings. The molecule has 2 nitrogen and oxygen atoms in total. The first-order valence-electron chi connectivity index (χ1n) is 7.52. The highest BCUT2D eigenvalue weighted by atomic mass is 16.2. The van der Waals surface area contributed by atoms with Gasteiger partial charge in [0.05, 0.1) is 0 Å². The highest BCUT2D eigenvalue weighted by Crippen LogP contribution is 2.23. The van der Waals surface area contributed by atoms with E-state index in [4.69, 9.17) is 0 Å². The van der Waals surface area contributed by atoms with E-state index in [-0.39, 0.29) is 11.3 Å². The number of hydrogen-bond donors (Lipinski definition) is 0. The van der Waals surface area contributed by atoms with Crippen LogP contribution in [0.4, 0.5) is 5.69 Å². The van der Waals surface area contributed by atoms with Gasteiger partial charge in [0, 0.05) is 17.8 Å². The van der Waals surface area contributed by atoms with Crippen molar-refractivity contribution in [3.05, 3.63) is 78.4 Å². The molecule has 0 aliphatic rings. The lowest BCUT2D eigenvalue weighted by Gasteiger charge is -2.23. The van der Waals surface area contributed by atoms with Crippen molar-refractivity contribution in [1.82, 2.24) is 0 Å². The fourth-order valence-corrected chi connectivity index (χ4v) is 2.31. The Morgan fingerprint density at radius 2 is 1.64 bits per heavy atom. The summed E-state index contributed by atoms with van der Waals surface area (Å²) in [5.41, 5.74) is 2.88. The first kappa shape index (κ1) is 16.0. The van der Waals surface area contributed by atoms with E-state index in [0.717, 1.165) is 5.69 Å². The van der Waals surface area contributed by atoms with Gasteiger partial charge in [0.15, 0.2) is 0 Å². The molecule has 0 saturated heterocycles. The Kier molecular flexibility index (Phi) is 4.81. The second kappa shape index (κ2) is 6.61. The van der Waals surface area contributed by atoms with Gasteiger partial charge in [-0.2, -0.15) is 0 Å². The highest BCUT2D eigenvalue weighted by molar-refractivity contribution is 6.06. The third-order valence-electron chi connectivity index (χ3n) is 3.62. The second-order valence-corrected chi connectivity index (χ2v) is 6.37. The number of nitrogens with zero attached hydrogens (tertiary/aromatic N) is 1. The Bertz CT molecular complexity index is 636. The van der Waals surface area contributed by atoms with Gasteiger partial charge in [-0.15, -0.1) is 6.58 Å². The van der Waals surface area contributed by atoms with Gasteiger partial charge < -0.3 is 4.90 Å². The minimum absolute atomic E-state index is 0.00782. The average Bonchev–Trinajstić information content (AvgIpc) is 2.52. The number of hydrogen-bond acceptors (Lipinski definition) is 1. The zero-order valence-electron chi connectivity index (χ0n) is 13.5. The van der Waals surface area contributed by atoms with Gasteiger partial charge in [-0.25, -0.2) is 0 Å². The molecule has 0 N–H and O–H groups in total. The lowest BCUT2D eigenvalue weighted by atomic mass is 9.86. The van der Waals surface area contributed by atoms with Crippen LogP contribution in [0.2, 0.25) is 0 Å². The number of benzene rings is 2. The third-order valence-corrected chi connectivity index (χ3v) is 3.62. The van der Waals surface area contributed by atoms with Crippen molar-refractivity contribution < 1.29 is 4.79 Å². The van der Waals surface area contributed by atoms with Crippen molar-refractivity contribution in [2.45, 2.75) is 26.2 Å². The smallest absolute Gasteiger partial charge is 0.258 e. The predicted molar refractivity (Wildman–Crippen MR) is 93.5 cm³/mol. The number of para-hydroxylation sites is 1. The normalized spacial score (nSPS) is 11.0. The maximum Gasteiger partial charge on any atom is 0.258 e. The van der Waals surface area contributed by atoms with E-state index in [9.17, 15) is 4.79 Å². The van der Waals surface area contributed by atoms with E-state index in [1.807, 2.05) is 54.6 Å². The Balaban J connectivity index is 2.30. The zero-order valence-corrected chi connectivity index (χ0v) is 13.5. The molecule has 2 heteroatoms. The largest absolute Gasteiger partial charge is 0.305 e. The molecule has 0 bridgehead atoms. The third kappa shape index (κ3) is 3.64. The van der Waals surface area contributed by atoms with Gasteiger partial charge in [-0.1, -0.05) is 57.2 Å². The van der Waals surface area contributed by atoms with Crippen molar-refractivity contribution in [2.24, 2.45) is 0 Å². The summed E-state index contributed by atoms with van der Waals surface area (Å²) in [5.74, 6) is -0.00782. The molecule has 0 aliphatic heterocycles. The van der Waals surface area contributed by atoms with Gasteiger partial charge in [0.1, 0.15) is 0 Å². The Hall–Kier alpha value is -2.35. The molecule has 114 valence electrons. The summed E-state index contributed by atoms with van der Waals surface area (Å²) in [5, 5.41) is 0. The molecule has 0 saturated carbocycles. The second-order valence-electron chi connectivity index (χ2n) is 6.37. The molecule has 2 aromatic rings. The van der Waals surface area contributed by atoms with Crippen LogP contribution in [0.1, 0.15) is 36.7 Å². The molecular formula is C20H23NO. The molecular weight excluding hydrogens is 270 g/mol. The monoisotopic (exact) mass is 293 g/mol. The standard InChI is InChI=1S/C20H23NO/c1-5-15-21(18-9-7-6-8-10-18)19(22)16-11-13-17(14-12-16)20(2,3)4/h5-14H,1,15H2,2-4H3. The average molecular weight is 293 g/mol. The van der Waals surface area contributed by atoms with E-state index in [2.05, 4.69) is 27.4 Å². The van der Waals surface area contributed by atoms with Crippen LogP contribution in [0.25, 0.3) is 0 Å². The van der Waals surface area contributed by atoms with Crippen LogP contribution in [0.3, 0.4) is 0 Å². The lowest BCUT2D eigenvalue weighted by molar-refractivity contribution is 0.0989. The SMILES string of the molecule is C=CCN(C(=O)c1ccc(C(C)(C)C)cc1)c1ccccc1. The summed E-state index contributed by atoms with van der Waals surface area (Å²) in [7, 11) is 0. The maximum atomic E-state index is 12.8. The molecule has 0 spiro atoms. The fourth-order valence-electron chi connectivity index (χ4n) is 2.31. The first-order chi connectivity index (χ1) is 10.4. The van der Waals surface area contributed by atoms with Crippen molar-refractivity contribution in [3.63, 3.8) is 0 Å². The van der Waals surface area contributed by atoms with Crippen molar-refractivity contribution in [1.29, 1.82) is 0 Å². The molecule has 0 aliphatic carbocycles. The van der Waals surface area contributed by atoms with Crippen LogP contribution in [0.5, 0.6) is 0 Å². The van der Waals surface area contributed by atoms with Crippen LogP contribution in [-0.4, -0.2) is 12.5 Å². The molecule has 0 aromatic heterocycles. The van der Waals surface area contributed by atoms with E-state index in [1.165, 1.54) is 5.56 Å². The fraction of sp³-hybridized carbons (Fsp3) is 0.250. The van der Waals surface area contributed by atoms with Crippen molar-refractivity contribution >= 4 is 11.6 Å². The number of carbonyl (C=O) groups excluding carboxylic acids is 1. The lowest BCUT2D eigenvalue weighted by Crippen LogP contribution is -2.31. The van der Waals surface area contributed by atoms with Crippen LogP contribution >= 0.6 is 0 Å². The number of amides is 1. The molecule has 2 aromatic carbocycles. The zero-order chi connectivity index (χ0) is 16.2. The topological polar surface area (TPSA) is 20.3 Å². The van der Waals surface area contributed by atoms with Crippen LogP contribution < -0.4 is 4.90 Å². The summed E-state index contributed by atoms with van der Waals surface area (Å²) in [6.07, 6.45) is 1.74. The minimum Gasteiger partial charge on any atom is -0.305 e. The molecule has 22 heavy (non-hydrogen) atoms. The summed E-state index contributed by atoms with van der Waals surface area (Å²) in [6.45, 7) is 10.7. The minimum atomic E-state index is -0.00782. The van der Waals surface area contributed by atoms with Gasteiger partial charge in [0.25, 0.3) is 5.91 Å². The van der Waals surface area contributed by atoms with Crippen LogP contribution in [0.15, 0.2) is 67.3 Å². The molecule has 0 radical (unpaired) electrons. The van der Waals surface area contributed by atoms with Gasteiger partial charge in [-0.3, -0.25) is 4.79 Å². The van der Waals surface area contributed by atoms with Crippen LogP contribution in [0, 0.1) is 0 Å². The molecule has 1 amide bonds. The molecule has 2 rings (SSSR count). The summed E-state index contributed by atoms with van der Waals surface area (Å²) >= 11 is 0. The molecule has 0 atom stereocenters. The number of carbonyl (C=O) groups is 1. The Morgan fingerprint density at radius 3 is 2.14 bits per heavy atom. The summed E-state index contributed by atoms with van der Waals surface area (Å²) < 4.78 is 0. The van der Waals surface area contributed by atoms with E-state index < -0.39 is 0 Å². The highest BCUT2D eigenvalue weighted by Gasteiger charge is 2.18. The Labute approximate surface area is 133 Å². The Morgan fingerprint density at radius 1 is 1.05 bits per heavy atom. The maximum absolute atomic E-state index is 12.8. The molecule has 0 heterocycles. The predicted octanol–water partition coefficient (Wildman–Crippen LogP) is 4.82. The molecule has 0 unspecified atom stereocenters. The van der Waals surface area contributed by atoms with Crippen molar-refractivity contribution in [2.75, 3.05) is 11.4 Å². The van der Waals surface area contributed by atoms with Gasteiger partial charge in [0.2, 0.25) is 0 Å². The number of rotatable bonds is 4. The summed E-state index contributed by atoms with van der Waals surface area (Å²) in [6, 6.07) is 17.6. The van der Waals surface area contributed by atoms with Crippen LogP contribution in [-0.2, 0) is 5.41 Å². The van der Waals surface area contributed by atoms with E-state index in [1.54, 1.807) is 11.0 Å². The van der Waals surface area contributed by atoms with E-state index in [0.29, 0.717) is 12.1 Å². The van der Waals surface area contributed by atoms with Crippen molar-refractivity contribution in [3.8, 4) is 0 Å². The summed E-state index contributed by atoms with van der Waals surface area (Å²) in [4.78, 5) is 14.5. The first-order valence-corrected chi connectivity index (χ1v) is 7.52. The van der Waals surface area contributed by atoms with Gasteiger partial charge >= 0.3 is 0 Å².